The number of fused-ring (bicyclic) bond motifs is 1. The molecule has 6 nitrogen and oxygen atoms in total. The van der Waals surface area contributed by atoms with Crippen LogP contribution < -0.4 is 0 Å². The molecule has 1 aliphatic heterocycles. The Bertz CT molecular complexity index is 1120. The number of aromatic nitrogens is 2. The van der Waals surface area contributed by atoms with E-state index in [1.54, 1.807) is 16.4 Å². The minimum atomic E-state index is -3.55. The molecule has 164 valence electrons. The Morgan fingerprint density at radius 1 is 1.00 bits per heavy atom. The Morgan fingerprint density at radius 3 is 2.45 bits per heavy atom. The second-order valence-electron chi connectivity index (χ2n) is 7.96. The standard InChI is InChI=1S/C24H29N3O3S/c1-3-7-19-10-12-21(13-11-19)31(28,29)27-15-14-24-22(16-27)23(25-26(24)2)18-30-17-20-8-5-4-6-9-20/h4-6,8-13H,3,7,14-18H2,1-2H3. The van der Waals surface area contributed by atoms with Gasteiger partial charge in [0.2, 0.25) is 10.0 Å². The molecule has 2 heterocycles. The summed E-state index contributed by atoms with van der Waals surface area (Å²) in [4.78, 5) is 0.349. The number of aryl methyl sites for hydroxylation is 2. The summed E-state index contributed by atoms with van der Waals surface area (Å²) in [5.74, 6) is 0. The molecule has 7 heteroatoms. The molecular weight excluding hydrogens is 410 g/mol. The van der Waals surface area contributed by atoms with E-state index in [-0.39, 0.29) is 0 Å². The second kappa shape index (κ2) is 9.34. The minimum Gasteiger partial charge on any atom is -0.370 e. The first-order chi connectivity index (χ1) is 15.0. The molecule has 3 aromatic rings. The van der Waals surface area contributed by atoms with Crippen molar-refractivity contribution < 1.29 is 13.2 Å². The van der Waals surface area contributed by atoms with Crippen molar-refractivity contribution in [3.8, 4) is 0 Å². The first-order valence-corrected chi connectivity index (χ1v) is 12.2. The molecule has 0 amide bonds. The molecule has 1 aliphatic rings. The number of ether oxygens (including phenoxy) is 1. The number of nitrogens with zero attached hydrogens (tertiary/aromatic N) is 3. The molecule has 0 aliphatic carbocycles. The molecule has 0 spiro atoms. The molecule has 4 rings (SSSR count). The van der Waals surface area contributed by atoms with E-state index in [4.69, 9.17) is 4.74 Å². The smallest absolute Gasteiger partial charge is 0.243 e. The summed E-state index contributed by atoms with van der Waals surface area (Å²) in [7, 11) is -1.64. The topological polar surface area (TPSA) is 64.4 Å². The summed E-state index contributed by atoms with van der Waals surface area (Å²) in [6.45, 7) is 3.75. The number of rotatable bonds is 8. The molecule has 0 radical (unpaired) electrons. The fourth-order valence-electron chi connectivity index (χ4n) is 4.07. The van der Waals surface area contributed by atoms with Crippen molar-refractivity contribution in [2.24, 2.45) is 7.05 Å². The quantitative estimate of drug-likeness (QED) is 0.535. The Morgan fingerprint density at radius 2 is 1.74 bits per heavy atom. The molecule has 0 bridgehead atoms. The lowest BCUT2D eigenvalue weighted by molar-refractivity contribution is 0.103. The van der Waals surface area contributed by atoms with E-state index in [9.17, 15) is 8.42 Å². The summed E-state index contributed by atoms with van der Waals surface area (Å²) in [5.41, 5.74) is 5.12. The maximum atomic E-state index is 13.3. The molecule has 0 saturated heterocycles. The van der Waals surface area contributed by atoms with Gasteiger partial charge in [-0.1, -0.05) is 55.8 Å². The van der Waals surface area contributed by atoms with Crippen molar-refractivity contribution in [2.45, 2.75) is 50.8 Å². The first-order valence-electron chi connectivity index (χ1n) is 10.7. The van der Waals surface area contributed by atoms with Crippen LogP contribution in [-0.2, 0) is 54.4 Å². The Labute approximate surface area is 184 Å². The van der Waals surface area contributed by atoms with Gasteiger partial charge >= 0.3 is 0 Å². The summed E-state index contributed by atoms with van der Waals surface area (Å²) in [6, 6.07) is 17.3. The van der Waals surface area contributed by atoms with E-state index in [0.717, 1.165) is 40.9 Å². The highest BCUT2D eigenvalue weighted by Crippen LogP contribution is 2.27. The lowest BCUT2D eigenvalue weighted by Gasteiger charge is -2.27. The monoisotopic (exact) mass is 439 g/mol. The Balaban J connectivity index is 1.49. The number of hydrogen-bond donors (Lipinski definition) is 0. The fourth-order valence-corrected chi connectivity index (χ4v) is 5.48. The van der Waals surface area contributed by atoms with Crippen LogP contribution in [0.4, 0.5) is 0 Å². The van der Waals surface area contributed by atoms with Gasteiger partial charge in [0.15, 0.2) is 0 Å². The average Bonchev–Trinajstić information content (AvgIpc) is 3.10. The zero-order chi connectivity index (χ0) is 21.8. The lowest BCUT2D eigenvalue weighted by Crippen LogP contribution is -2.36. The van der Waals surface area contributed by atoms with Crippen LogP contribution in [0.2, 0.25) is 0 Å². The highest BCUT2D eigenvalue weighted by molar-refractivity contribution is 7.89. The maximum Gasteiger partial charge on any atom is 0.243 e. The molecule has 0 fully saturated rings. The fraction of sp³-hybridized carbons (Fsp3) is 0.375. The van der Waals surface area contributed by atoms with E-state index >= 15 is 0 Å². The van der Waals surface area contributed by atoms with Gasteiger partial charge in [0.25, 0.3) is 0 Å². The minimum absolute atomic E-state index is 0.326. The van der Waals surface area contributed by atoms with Gasteiger partial charge in [-0.15, -0.1) is 0 Å². The van der Waals surface area contributed by atoms with E-state index in [0.29, 0.717) is 37.6 Å². The van der Waals surface area contributed by atoms with Crippen LogP contribution in [0.15, 0.2) is 59.5 Å². The van der Waals surface area contributed by atoms with Crippen molar-refractivity contribution in [3.63, 3.8) is 0 Å². The first kappa shape index (κ1) is 21.7. The van der Waals surface area contributed by atoms with E-state index in [1.807, 2.05) is 54.2 Å². The van der Waals surface area contributed by atoms with Crippen molar-refractivity contribution in [1.29, 1.82) is 0 Å². The van der Waals surface area contributed by atoms with Crippen LogP contribution in [0.5, 0.6) is 0 Å². The third-order valence-corrected chi connectivity index (χ3v) is 7.60. The molecule has 31 heavy (non-hydrogen) atoms. The maximum absolute atomic E-state index is 13.3. The van der Waals surface area contributed by atoms with Crippen LogP contribution in [0.1, 0.15) is 41.4 Å². The molecule has 0 saturated carbocycles. The molecule has 2 aromatic carbocycles. The van der Waals surface area contributed by atoms with E-state index in [1.165, 1.54) is 0 Å². The SMILES string of the molecule is CCCc1ccc(S(=O)(=O)N2CCc3c(c(COCc4ccccc4)nn3C)C2)cc1. The van der Waals surface area contributed by atoms with E-state index < -0.39 is 10.0 Å². The van der Waals surface area contributed by atoms with Crippen molar-refractivity contribution in [2.75, 3.05) is 6.54 Å². The van der Waals surface area contributed by atoms with Crippen molar-refractivity contribution >= 4 is 10.0 Å². The van der Waals surface area contributed by atoms with Crippen LogP contribution in [0, 0.1) is 0 Å². The van der Waals surface area contributed by atoms with Gasteiger partial charge in [0, 0.05) is 37.8 Å². The van der Waals surface area contributed by atoms with Gasteiger partial charge in [-0.3, -0.25) is 4.68 Å². The Kier molecular flexibility index (Phi) is 6.55. The number of hydrogen-bond acceptors (Lipinski definition) is 4. The third-order valence-electron chi connectivity index (χ3n) is 5.74. The van der Waals surface area contributed by atoms with Crippen LogP contribution in [0.3, 0.4) is 0 Å². The van der Waals surface area contributed by atoms with Gasteiger partial charge in [-0.05, 0) is 29.7 Å². The van der Waals surface area contributed by atoms with Crippen molar-refractivity contribution in [3.05, 3.63) is 82.7 Å². The largest absolute Gasteiger partial charge is 0.370 e. The highest BCUT2D eigenvalue weighted by Gasteiger charge is 2.31. The molecular formula is C24H29N3O3S. The normalized spacial score (nSPS) is 14.5. The zero-order valence-electron chi connectivity index (χ0n) is 18.1. The molecule has 1 aromatic heterocycles. The summed E-state index contributed by atoms with van der Waals surface area (Å²) >= 11 is 0. The van der Waals surface area contributed by atoms with Gasteiger partial charge in [0.05, 0.1) is 23.8 Å². The summed E-state index contributed by atoms with van der Waals surface area (Å²) < 4.78 is 35.8. The summed E-state index contributed by atoms with van der Waals surface area (Å²) in [5, 5.41) is 4.61. The third kappa shape index (κ3) is 4.74. The number of benzene rings is 2. The predicted octanol–water partition coefficient (Wildman–Crippen LogP) is 3.84. The van der Waals surface area contributed by atoms with Crippen molar-refractivity contribution in [1.82, 2.24) is 14.1 Å². The lowest BCUT2D eigenvalue weighted by atomic mass is 10.1. The predicted molar refractivity (Wildman–Crippen MR) is 120 cm³/mol. The molecule has 0 atom stereocenters. The van der Waals surface area contributed by atoms with E-state index in [2.05, 4.69) is 12.0 Å². The Hall–Kier alpha value is -2.48. The molecule has 0 N–H and O–H groups in total. The van der Waals surface area contributed by atoms with Gasteiger partial charge < -0.3 is 4.74 Å². The summed E-state index contributed by atoms with van der Waals surface area (Å²) in [6.07, 6.45) is 2.64. The second-order valence-corrected chi connectivity index (χ2v) is 9.89. The van der Waals surface area contributed by atoms with Gasteiger partial charge in [-0.2, -0.15) is 9.40 Å². The van der Waals surface area contributed by atoms with Crippen LogP contribution >= 0.6 is 0 Å². The van der Waals surface area contributed by atoms with Crippen LogP contribution in [-0.4, -0.2) is 29.0 Å². The zero-order valence-corrected chi connectivity index (χ0v) is 18.9. The average molecular weight is 440 g/mol. The number of sulfonamides is 1. The van der Waals surface area contributed by atoms with Gasteiger partial charge in [-0.25, -0.2) is 8.42 Å². The van der Waals surface area contributed by atoms with Crippen LogP contribution in [0.25, 0.3) is 0 Å². The highest BCUT2D eigenvalue weighted by atomic mass is 32.2. The molecule has 0 unspecified atom stereocenters. The van der Waals surface area contributed by atoms with Gasteiger partial charge in [0.1, 0.15) is 0 Å².